The average molecular weight is 383 g/mol. The standard InChI is InChI=1S/C27H42O/c1-5-19(17(2)3)7-6-18(4)22-12-13-27-24(22)14-15-25-23-11-9-21(28)16-20(23)8-10-26(25)27/h6-7,16-19,22-27H,5,8-15H2,1-4H3. The zero-order valence-corrected chi connectivity index (χ0v) is 18.7. The summed E-state index contributed by atoms with van der Waals surface area (Å²) < 4.78 is 0. The van der Waals surface area contributed by atoms with Crippen LogP contribution >= 0.6 is 0 Å². The van der Waals surface area contributed by atoms with Crippen LogP contribution in [-0.2, 0) is 4.79 Å². The number of hydrogen-bond acceptors (Lipinski definition) is 1. The van der Waals surface area contributed by atoms with Crippen molar-refractivity contribution in [2.75, 3.05) is 0 Å². The maximum Gasteiger partial charge on any atom is 0.155 e. The van der Waals surface area contributed by atoms with Crippen LogP contribution in [0.15, 0.2) is 23.8 Å². The van der Waals surface area contributed by atoms with Gasteiger partial charge in [0, 0.05) is 6.42 Å². The first-order chi connectivity index (χ1) is 13.5. The van der Waals surface area contributed by atoms with Crippen LogP contribution in [0.25, 0.3) is 0 Å². The van der Waals surface area contributed by atoms with Crippen molar-refractivity contribution in [1.29, 1.82) is 0 Å². The Morgan fingerprint density at radius 1 is 0.893 bits per heavy atom. The Balaban J connectivity index is 1.43. The normalized spacial score (nSPS) is 40.0. The van der Waals surface area contributed by atoms with Crippen molar-refractivity contribution in [3.8, 4) is 0 Å². The highest BCUT2D eigenvalue weighted by Crippen LogP contribution is 2.59. The van der Waals surface area contributed by atoms with Gasteiger partial charge in [0.1, 0.15) is 0 Å². The van der Waals surface area contributed by atoms with E-state index in [1.54, 1.807) is 0 Å². The Morgan fingerprint density at radius 3 is 2.36 bits per heavy atom. The quantitative estimate of drug-likeness (QED) is 0.458. The second-order valence-corrected chi connectivity index (χ2v) is 10.9. The lowest BCUT2D eigenvalue weighted by Crippen LogP contribution is -2.42. The number of carbonyl (C=O) groups is 1. The molecule has 8 atom stereocenters. The highest BCUT2D eigenvalue weighted by atomic mass is 16.1. The van der Waals surface area contributed by atoms with E-state index in [1.807, 2.05) is 6.08 Å². The largest absolute Gasteiger partial charge is 0.295 e. The molecule has 0 aromatic heterocycles. The molecule has 0 aliphatic heterocycles. The summed E-state index contributed by atoms with van der Waals surface area (Å²) in [4.78, 5) is 11.9. The predicted molar refractivity (Wildman–Crippen MR) is 118 cm³/mol. The maximum atomic E-state index is 11.9. The van der Waals surface area contributed by atoms with Crippen molar-refractivity contribution in [2.24, 2.45) is 53.3 Å². The SMILES string of the molecule is CCC(C=CC(C)C1CCC2C1CCC1C3CCC(=O)C=C3CCC12)C(C)C. The summed E-state index contributed by atoms with van der Waals surface area (Å²) in [6.07, 6.45) is 18.8. The molecule has 4 rings (SSSR count). The summed E-state index contributed by atoms with van der Waals surface area (Å²) >= 11 is 0. The van der Waals surface area contributed by atoms with Crippen LogP contribution in [0, 0.1) is 53.3 Å². The molecule has 4 aliphatic carbocycles. The Hall–Kier alpha value is -0.850. The van der Waals surface area contributed by atoms with Crippen molar-refractivity contribution < 1.29 is 4.79 Å². The minimum atomic E-state index is 0.395. The van der Waals surface area contributed by atoms with E-state index >= 15 is 0 Å². The van der Waals surface area contributed by atoms with Gasteiger partial charge >= 0.3 is 0 Å². The lowest BCUT2D eigenvalue weighted by Gasteiger charge is -2.50. The molecule has 0 amide bonds. The van der Waals surface area contributed by atoms with Gasteiger partial charge in [-0.05, 0) is 111 Å². The second kappa shape index (κ2) is 8.49. The van der Waals surface area contributed by atoms with Gasteiger partial charge in [0.2, 0.25) is 0 Å². The van der Waals surface area contributed by atoms with Gasteiger partial charge < -0.3 is 0 Å². The molecule has 1 nitrogen and oxygen atoms in total. The van der Waals surface area contributed by atoms with Gasteiger partial charge in [0.15, 0.2) is 5.78 Å². The van der Waals surface area contributed by atoms with Gasteiger partial charge in [0.05, 0.1) is 0 Å². The van der Waals surface area contributed by atoms with E-state index in [1.165, 1.54) is 50.5 Å². The van der Waals surface area contributed by atoms with E-state index in [4.69, 9.17) is 0 Å². The third-order valence-corrected chi connectivity index (χ3v) is 9.34. The smallest absolute Gasteiger partial charge is 0.155 e. The summed E-state index contributed by atoms with van der Waals surface area (Å²) in [6, 6.07) is 0. The lowest BCUT2D eigenvalue weighted by molar-refractivity contribution is -0.115. The van der Waals surface area contributed by atoms with E-state index in [0.29, 0.717) is 5.78 Å². The molecule has 28 heavy (non-hydrogen) atoms. The molecular formula is C27H42O. The number of rotatable bonds is 5. The number of hydrogen-bond donors (Lipinski definition) is 0. The molecule has 0 bridgehead atoms. The fraction of sp³-hybridized carbons (Fsp3) is 0.815. The Morgan fingerprint density at radius 2 is 1.61 bits per heavy atom. The van der Waals surface area contributed by atoms with Crippen LogP contribution in [-0.4, -0.2) is 5.78 Å². The van der Waals surface area contributed by atoms with Crippen LogP contribution in [0.2, 0.25) is 0 Å². The molecule has 3 fully saturated rings. The zero-order valence-electron chi connectivity index (χ0n) is 18.7. The van der Waals surface area contributed by atoms with Crippen molar-refractivity contribution >= 4 is 5.78 Å². The molecule has 0 spiro atoms. The molecule has 0 saturated heterocycles. The first-order valence-electron chi connectivity index (χ1n) is 12.4. The molecule has 3 saturated carbocycles. The topological polar surface area (TPSA) is 17.1 Å². The fourth-order valence-electron chi connectivity index (χ4n) is 7.83. The lowest BCUT2D eigenvalue weighted by atomic mass is 9.55. The van der Waals surface area contributed by atoms with Crippen molar-refractivity contribution in [3.05, 3.63) is 23.8 Å². The van der Waals surface area contributed by atoms with Gasteiger partial charge in [-0.3, -0.25) is 4.79 Å². The summed E-state index contributed by atoms with van der Waals surface area (Å²) in [5.74, 6) is 8.10. The molecule has 1 heteroatoms. The van der Waals surface area contributed by atoms with Gasteiger partial charge in [0.25, 0.3) is 0 Å². The molecule has 0 aromatic carbocycles. The molecule has 0 heterocycles. The highest BCUT2D eigenvalue weighted by molar-refractivity contribution is 5.91. The van der Waals surface area contributed by atoms with Crippen LogP contribution in [0.4, 0.5) is 0 Å². The van der Waals surface area contributed by atoms with Crippen LogP contribution < -0.4 is 0 Å². The Kier molecular flexibility index (Phi) is 6.19. The highest BCUT2D eigenvalue weighted by Gasteiger charge is 2.50. The third-order valence-electron chi connectivity index (χ3n) is 9.34. The van der Waals surface area contributed by atoms with E-state index in [9.17, 15) is 4.79 Å². The number of ketones is 1. The summed E-state index contributed by atoms with van der Waals surface area (Å²) in [5.41, 5.74) is 1.53. The van der Waals surface area contributed by atoms with E-state index in [-0.39, 0.29) is 0 Å². The van der Waals surface area contributed by atoms with Gasteiger partial charge in [-0.1, -0.05) is 45.4 Å². The Labute approximate surface area is 173 Å². The van der Waals surface area contributed by atoms with Gasteiger partial charge in [-0.15, -0.1) is 0 Å². The molecule has 0 N–H and O–H groups in total. The number of allylic oxidation sites excluding steroid dienone is 3. The first-order valence-corrected chi connectivity index (χ1v) is 12.4. The van der Waals surface area contributed by atoms with Crippen molar-refractivity contribution in [1.82, 2.24) is 0 Å². The molecule has 0 aromatic rings. The van der Waals surface area contributed by atoms with Gasteiger partial charge in [-0.25, -0.2) is 0 Å². The molecule has 8 unspecified atom stereocenters. The third kappa shape index (κ3) is 3.80. The van der Waals surface area contributed by atoms with E-state index in [2.05, 4.69) is 39.8 Å². The van der Waals surface area contributed by atoms with Gasteiger partial charge in [-0.2, -0.15) is 0 Å². The first kappa shape index (κ1) is 20.4. The predicted octanol–water partition coefficient (Wildman–Crippen LogP) is 7.23. The second-order valence-electron chi connectivity index (χ2n) is 10.9. The monoisotopic (exact) mass is 382 g/mol. The van der Waals surface area contributed by atoms with E-state index in [0.717, 1.165) is 66.1 Å². The molecule has 4 aliphatic rings. The minimum Gasteiger partial charge on any atom is -0.295 e. The van der Waals surface area contributed by atoms with Crippen LogP contribution in [0.5, 0.6) is 0 Å². The number of fused-ring (bicyclic) bond motifs is 5. The molecule has 156 valence electrons. The number of carbonyl (C=O) groups excluding carboxylic acids is 1. The van der Waals surface area contributed by atoms with E-state index < -0.39 is 0 Å². The Bertz CT molecular complexity index is 626. The van der Waals surface area contributed by atoms with Crippen LogP contribution in [0.3, 0.4) is 0 Å². The average Bonchev–Trinajstić information content (AvgIpc) is 3.12. The van der Waals surface area contributed by atoms with Crippen molar-refractivity contribution in [3.63, 3.8) is 0 Å². The maximum absolute atomic E-state index is 11.9. The van der Waals surface area contributed by atoms with Crippen molar-refractivity contribution in [2.45, 2.75) is 85.5 Å². The molecule has 0 radical (unpaired) electrons. The minimum absolute atomic E-state index is 0.395. The zero-order chi connectivity index (χ0) is 19.8. The fourth-order valence-corrected chi connectivity index (χ4v) is 7.83. The summed E-state index contributed by atoms with van der Waals surface area (Å²) in [7, 11) is 0. The summed E-state index contributed by atoms with van der Waals surface area (Å²) in [5, 5.41) is 0. The summed E-state index contributed by atoms with van der Waals surface area (Å²) in [6.45, 7) is 9.55. The van der Waals surface area contributed by atoms with Crippen LogP contribution in [0.1, 0.15) is 85.5 Å². The molecular weight excluding hydrogens is 340 g/mol.